The topological polar surface area (TPSA) is 111 Å². The molecule has 1 heterocycles. The van der Waals surface area contributed by atoms with E-state index in [1.165, 1.54) is 18.6 Å². The second-order valence-electron chi connectivity index (χ2n) is 8.20. The van der Waals surface area contributed by atoms with E-state index >= 15 is 0 Å². The van der Waals surface area contributed by atoms with Gasteiger partial charge in [-0.25, -0.2) is 9.79 Å². The highest BCUT2D eigenvalue weighted by molar-refractivity contribution is 6.11. The third-order valence-electron chi connectivity index (χ3n) is 6.04. The van der Waals surface area contributed by atoms with Crippen molar-refractivity contribution in [2.45, 2.75) is 51.0 Å². The van der Waals surface area contributed by atoms with E-state index in [-0.39, 0.29) is 11.6 Å². The normalized spacial score (nSPS) is 25.1. The summed E-state index contributed by atoms with van der Waals surface area (Å²) in [4.78, 5) is 40.1. The number of benzene rings is 1. The van der Waals surface area contributed by atoms with Gasteiger partial charge in [-0.2, -0.15) is 0 Å². The minimum Gasteiger partial charge on any atom is -0.465 e. The number of hydrogen-bond acceptors (Lipinski definition) is 5. The number of carbonyl (C=O) groups excluding carboxylic acids is 2. The summed E-state index contributed by atoms with van der Waals surface area (Å²) in [7, 11) is 0. The number of rotatable bonds is 6. The van der Waals surface area contributed by atoms with Gasteiger partial charge < -0.3 is 10.1 Å². The molecule has 8 heteroatoms. The number of nitro groups is 1. The molecule has 4 rings (SSSR count). The van der Waals surface area contributed by atoms with Crippen LogP contribution >= 0.6 is 0 Å². The van der Waals surface area contributed by atoms with E-state index in [0.717, 1.165) is 38.5 Å². The zero-order valence-corrected chi connectivity index (χ0v) is 16.2. The van der Waals surface area contributed by atoms with Gasteiger partial charge in [0.1, 0.15) is 5.92 Å². The second kappa shape index (κ2) is 8.31. The summed E-state index contributed by atoms with van der Waals surface area (Å²) in [6.45, 7) is 0.378. The molecule has 1 aromatic rings. The van der Waals surface area contributed by atoms with Crippen LogP contribution in [0.25, 0.3) is 0 Å². The first-order valence-electron chi connectivity index (χ1n) is 10.3. The average Bonchev–Trinajstić information content (AvgIpc) is 3.57. The van der Waals surface area contributed by atoms with Gasteiger partial charge in [0.2, 0.25) is 0 Å². The average molecular weight is 399 g/mol. The molecule has 1 N–H and O–H groups in total. The maximum absolute atomic E-state index is 13.1. The zero-order valence-electron chi connectivity index (χ0n) is 16.2. The Morgan fingerprint density at radius 3 is 2.66 bits per heavy atom. The standard InChI is InChI=1S/C21H25N3O5/c25-20(29-12-13-5-2-1-3-6-13)17-18(14-9-10-14)22-21(26)23-19(17)15-7-4-8-16(11-15)24(27)28/h4,7-8,11,13-14,17,19H,1-3,5-6,9-10,12H2,(H,23,26). The lowest BCUT2D eigenvalue weighted by Gasteiger charge is -2.31. The molecule has 2 amide bonds. The lowest BCUT2D eigenvalue weighted by molar-refractivity contribution is -0.384. The van der Waals surface area contributed by atoms with Crippen LogP contribution in [0.4, 0.5) is 10.5 Å². The molecule has 0 bridgehead atoms. The Bertz CT molecular complexity index is 842. The highest BCUT2D eigenvalue weighted by Gasteiger charge is 2.46. The SMILES string of the molecule is O=C1N=C(C2CC2)C(C(=O)OCC2CCCCC2)C(c2cccc([N+](=O)[O-])c2)N1. The number of nitrogens with one attached hydrogen (secondary N) is 1. The van der Waals surface area contributed by atoms with Crippen LogP contribution in [0.2, 0.25) is 0 Å². The van der Waals surface area contributed by atoms with Gasteiger partial charge in [0.15, 0.2) is 0 Å². The molecule has 0 saturated heterocycles. The number of nitrogens with zero attached hydrogens (tertiary/aromatic N) is 2. The number of hydrogen-bond donors (Lipinski definition) is 1. The maximum Gasteiger partial charge on any atom is 0.341 e. The Labute approximate surface area is 168 Å². The Hall–Kier alpha value is -2.77. The van der Waals surface area contributed by atoms with Crippen LogP contribution in [0, 0.1) is 27.9 Å². The van der Waals surface area contributed by atoms with Crippen LogP contribution in [-0.4, -0.2) is 29.2 Å². The Morgan fingerprint density at radius 1 is 1.21 bits per heavy atom. The molecule has 154 valence electrons. The van der Waals surface area contributed by atoms with Gasteiger partial charge in [-0.05, 0) is 43.1 Å². The van der Waals surface area contributed by atoms with E-state index in [0.29, 0.717) is 23.8 Å². The number of carbonyl (C=O) groups is 2. The van der Waals surface area contributed by atoms with Crippen molar-refractivity contribution >= 4 is 23.4 Å². The second-order valence-corrected chi connectivity index (χ2v) is 8.20. The summed E-state index contributed by atoms with van der Waals surface area (Å²) in [5.74, 6) is -0.665. The van der Waals surface area contributed by atoms with E-state index in [1.54, 1.807) is 12.1 Å². The summed E-state index contributed by atoms with van der Waals surface area (Å²) in [5.41, 5.74) is 0.987. The molecule has 2 aliphatic carbocycles. The number of urea groups is 1. The molecule has 2 saturated carbocycles. The van der Waals surface area contributed by atoms with Gasteiger partial charge in [0, 0.05) is 17.8 Å². The van der Waals surface area contributed by atoms with Gasteiger partial charge in [-0.3, -0.25) is 14.9 Å². The number of ether oxygens (including phenoxy) is 1. The van der Waals surface area contributed by atoms with E-state index in [4.69, 9.17) is 4.74 Å². The van der Waals surface area contributed by atoms with Crippen molar-refractivity contribution in [3.8, 4) is 0 Å². The maximum atomic E-state index is 13.1. The smallest absolute Gasteiger partial charge is 0.341 e. The van der Waals surface area contributed by atoms with Gasteiger partial charge in [0.05, 0.1) is 17.6 Å². The first-order valence-corrected chi connectivity index (χ1v) is 10.3. The van der Waals surface area contributed by atoms with Crippen LogP contribution in [-0.2, 0) is 9.53 Å². The summed E-state index contributed by atoms with van der Waals surface area (Å²) >= 11 is 0. The van der Waals surface area contributed by atoms with Gasteiger partial charge in [-0.15, -0.1) is 0 Å². The van der Waals surface area contributed by atoms with Gasteiger partial charge in [-0.1, -0.05) is 31.4 Å². The fraction of sp³-hybridized carbons (Fsp3) is 0.571. The number of aliphatic imine (C=N–C) groups is 1. The van der Waals surface area contributed by atoms with Crippen molar-refractivity contribution in [2.75, 3.05) is 6.61 Å². The lowest BCUT2D eigenvalue weighted by Crippen LogP contribution is -2.46. The highest BCUT2D eigenvalue weighted by atomic mass is 16.6. The largest absolute Gasteiger partial charge is 0.465 e. The van der Waals surface area contributed by atoms with Crippen molar-refractivity contribution < 1.29 is 19.2 Å². The molecule has 2 atom stereocenters. The number of esters is 1. The third-order valence-corrected chi connectivity index (χ3v) is 6.04. The van der Waals surface area contributed by atoms with Crippen molar-refractivity contribution in [1.29, 1.82) is 0 Å². The van der Waals surface area contributed by atoms with E-state index in [9.17, 15) is 19.7 Å². The number of amides is 2. The quantitative estimate of drug-likeness (QED) is 0.442. The molecular weight excluding hydrogens is 374 g/mol. The zero-order chi connectivity index (χ0) is 20.4. The van der Waals surface area contributed by atoms with Crippen LogP contribution in [0.15, 0.2) is 29.3 Å². The molecule has 2 fully saturated rings. The number of nitro benzene ring substituents is 1. The third kappa shape index (κ3) is 4.46. The van der Waals surface area contributed by atoms with Crippen LogP contribution < -0.4 is 5.32 Å². The molecule has 8 nitrogen and oxygen atoms in total. The number of non-ortho nitro benzene ring substituents is 1. The van der Waals surface area contributed by atoms with Gasteiger partial charge in [0.25, 0.3) is 5.69 Å². The monoisotopic (exact) mass is 399 g/mol. The van der Waals surface area contributed by atoms with Crippen LogP contribution in [0.5, 0.6) is 0 Å². The van der Waals surface area contributed by atoms with E-state index in [1.807, 2.05) is 0 Å². The van der Waals surface area contributed by atoms with Crippen molar-refractivity contribution in [1.82, 2.24) is 5.32 Å². The highest BCUT2D eigenvalue weighted by Crippen LogP contribution is 2.40. The van der Waals surface area contributed by atoms with Gasteiger partial charge >= 0.3 is 12.0 Å². The molecule has 0 spiro atoms. The summed E-state index contributed by atoms with van der Waals surface area (Å²) < 4.78 is 5.69. The molecule has 3 aliphatic rings. The molecule has 29 heavy (non-hydrogen) atoms. The minimum atomic E-state index is -0.745. The molecule has 2 unspecified atom stereocenters. The fourth-order valence-corrected chi connectivity index (χ4v) is 4.34. The molecule has 0 radical (unpaired) electrons. The van der Waals surface area contributed by atoms with Crippen molar-refractivity contribution in [3.63, 3.8) is 0 Å². The molecule has 1 aliphatic heterocycles. The Balaban J connectivity index is 1.59. The molecular formula is C21H25N3O5. The summed E-state index contributed by atoms with van der Waals surface area (Å²) in [6.07, 6.45) is 7.45. The van der Waals surface area contributed by atoms with E-state index in [2.05, 4.69) is 10.3 Å². The Morgan fingerprint density at radius 2 is 1.97 bits per heavy atom. The van der Waals surface area contributed by atoms with Crippen molar-refractivity contribution in [3.05, 3.63) is 39.9 Å². The fourth-order valence-electron chi connectivity index (χ4n) is 4.34. The predicted molar refractivity (Wildman–Crippen MR) is 106 cm³/mol. The van der Waals surface area contributed by atoms with Crippen molar-refractivity contribution in [2.24, 2.45) is 22.7 Å². The van der Waals surface area contributed by atoms with Crippen LogP contribution in [0.1, 0.15) is 56.6 Å². The van der Waals surface area contributed by atoms with Crippen LogP contribution in [0.3, 0.4) is 0 Å². The summed E-state index contributed by atoms with van der Waals surface area (Å²) in [5, 5.41) is 13.9. The molecule has 0 aromatic heterocycles. The Kier molecular flexibility index (Phi) is 5.60. The first kappa shape index (κ1) is 19.5. The lowest BCUT2D eigenvalue weighted by atomic mass is 9.85. The summed E-state index contributed by atoms with van der Waals surface area (Å²) in [6, 6.07) is 4.82. The molecule has 1 aromatic carbocycles. The minimum absolute atomic E-state index is 0.0819. The van der Waals surface area contributed by atoms with E-state index < -0.39 is 28.9 Å². The first-order chi connectivity index (χ1) is 14.0. The predicted octanol–water partition coefficient (Wildman–Crippen LogP) is 3.95.